The first-order chi connectivity index (χ1) is 11.9. The van der Waals surface area contributed by atoms with Crippen molar-refractivity contribution in [1.29, 1.82) is 0 Å². The Morgan fingerprint density at radius 3 is 2.76 bits per heavy atom. The molecule has 1 aliphatic heterocycles. The summed E-state index contributed by atoms with van der Waals surface area (Å²) in [4.78, 5) is 12.5. The zero-order valence-corrected chi connectivity index (χ0v) is 12.9. The molecule has 0 bridgehead atoms. The highest BCUT2D eigenvalue weighted by molar-refractivity contribution is 6.10. The van der Waals surface area contributed by atoms with Crippen LogP contribution in [0.2, 0.25) is 0 Å². The molecule has 0 aliphatic carbocycles. The number of rotatable bonds is 5. The van der Waals surface area contributed by atoms with Gasteiger partial charge in [0.25, 0.3) is 0 Å². The van der Waals surface area contributed by atoms with Gasteiger partial charge in [0.2, 0.25) is 5.78 Å². The molecule has 0 saturated carbocycles. The van der Waals surface area contributed by atoms with Crippen molar-refractivity contribution in [2.24, 2.45) is 0 Å². The van der Waals surface area contributed by atoms with Crippen molar-refractivity contribution >= 4 is 11.9 Å². The highest BCUT2D eigenvalue weighted by Gasteiger charge is 2.33. The summed E-state index contributed by atoms with van der Waals surface area (Å²) in [6.45, 7) is 0. The fraction of sp³-hybridized carbons (Fsp3) is 0.167. The Morgan fingerprint density at radius 1 is 1.24 bits per heavy atom. The van der Waals surface area contributed by atoms with E-state index in [-0.39, 0.29) is 17.3 Å². The van der Waals surface area contributed by atoms with Crippen LogP contribution >= 0.6 is 0 Å². The van der Waals surface area contributed by atoms with Crippen molar-refractivity contribution in [3.63, 3.8) is 0 Å². The van der Waals surface area contributed by atoms with Gasteiger partial charge in [0, 0.05) is 6.04 Å². The molecule has 1 aliphatic rings. The number of carbonyl (C=O) groups excluding carboxylic acids is 1. The monoisotopic (exact) mass is 349 g/mol. The number of benzene rings is 1. The van der Waals surface area contributed by atoms with Crippen LogP contribution in [0.5, 0.6) is 5.75 Å². The molecule has 3 rings (SSSR count). The van der Waals surface area contributed by atoms with E-state index in [9.17, 15) is 18.0 Å². The molecule has 0 fully saturated rings. The third-order valence-corrected chi connectivity index (χ3v) is 3.55. The third-order valence-electron chi connectivity index (χ3n) is 3.55. The number of para-hydroxylation sites is 1. The lowest BCUT2D eigenvalue weighted by molar-refractivity contribution is -0.274. The van der Waals surface area contributed by atoms with E-state index in [0.29, 0.717) is 12.2 Å². The van der Waals surface area contributed by atoms with Gasteiger partial charge in [0.05, 0.1) is 17.5 Å². The Morgan fingerprint density at radius 2 is 2.04 bits per heavy atom. The van der Waals surface area contributed by atoms with Crippen molar-refractivity contribution in [3.8, 4) is 5.75 Å². The molecule has 1 aromatic heterocycles. The highest BCUT2D eigenvalue weighted by Crippen LogP contribution is 2.28. The van der Waals surface area contributed by atoms with Gasteiger partial charge in [0.1, 0.15) is 11.5 Å². The van der Waals surface area contributed by atoms with Crippen LogP contribution in [0.15, 0.2) is 64.9 Å². The predicted octanol–water partition coefficient (Wildman–Crippen LogP) is 4.32. The molecular weight excluding hydrogens is 335 g/mol. The number of alkyl halides is 3. The number of carbonyl (C=O) groups is 1. The van der Waals surface area contributed by atoms with Gasteiger partial charge >= 0.3 is 6.36 Å². The van der Waals surface area contributed by atoms with Crippen molar-refractivity contribution in [1.82, 2.24) is 5.32 Å². The van der Waals surface area contributed by atoms with Crippen LogP contribution in [0.3, 0.4) is 0 Å². The van der Waals surface area contributed by atoms with E-state index in [1.54, 1.807) is 30.5 Å². The SMILES string of the molecule is O=C(C1=CCC(/C=C/c2ccco2)N1)c1ccccc1OC(F)(F)F. The van der Waals surface area contributed by atoms with Gasteiger partial charge in [-0.3, -0.25) is 4.79 Å². The molecular formula is C18H14F3NO3. The largest absolute Gasteiger partial charge is 0.573 e. The summed E-state index contributed by atoms with van der Waals surface area (Å²) >= 11 is 0. The minimum atomic E-state index is -4.86. The number of Topliss-reactive ketones (excluding diaryl/α,β-unsaturated/α-hetero) is 1. The molecule has 1 atom stereocenters. The first-order valence-electron chi connectivity index (χ1n) is 7.50. The van der Waals surface area contributed by atoms with Crippen LogP contribution in [0, 0.1) is 0 Å². The molecule has 0 amide bonds. The number of hydrogen-bond acceptors (Lipinski definition) is 4. The number of halogens is 3. The van der Waals surface area contributed by atoms with E-state index in [0.717, 1.165) is 6.07 Å². The van der Waals surface area contributed by atoms with Gasteiger partial charge in [-0.25, -0.2) is 0 Å². The Hall–Kier alpha value is -2.96. The quantitative estimate of drug-likeness (QED) is 0.817. The van der Waals surface area contributed by atoms with Crippen molar-refractivity contribution in [2.45, 2.75) is 18.8 Å². The summed E-state index contributed by atoms with van der Waals surface area (Å²) < 4.78 is 46.5. The van der Waals surface area contributed by atoms with Gasteiger partial charge in [-0.2, -0.15) is 0 Å². The molecule has 0 spiro atoms. The van der Waals surface area contributed by atoms with Crippen LogP contribution in [0.25, 0.3) is 6.08 Å². The van der Waals surface area contributed by atoms with E-state index in [1.165, 1.54) is 18.2 Å². The molecule has 1 unspecified atom stereocenters. The number of furan rings is 1. The Bertz CT molecular complexity index is 807. The highest BCUT2D eigenvalue weighted by atomic mass is 19.4. The molecule has 7 heteroatoms. The first-order valence-corrected chi connectivity index (χ1v) is 7.50. The summed E-state index contributed by atoms with van der Waals surface area (Å²) in [5.41, 5.74) is 0.0987. The van der Waals surface area contributed by atoms with Crippen molar-refractivity contribution < 1.29 is 27.1 Å². The van der Waals surface area contributed by atoms with Gasteiger partial charge in [0.15, 0.2) is 0 Å². The lowest BCUT2D eigenvalue weighted by Crippen LogP contribution is -2.25. The fourth-order valence-electron chi connectivity index (χ4n) is 2.46. The second-order valence-electron chi connectivity index (χ2n) is 5.35. The average Bonchev–Trinajstić information content (AvgIpc) is 3.23. The molecule has 1 N–H and O–H groups in total. The van der Waals surface area contributed by atoms with Gasteiger partial charge in [-0.05, 0) is 36.8 Å². The van der Waals surface area contributed by atoms with E-state index in [2.05, 4.69) is 10.1 Å². The number of allylic oxidation sites excluding steroid dienone is 1. The fourth-order valence-corrected chi connectivity index (χ4v) is 2.46. The van der Waals surface area contributed by atoms with Crippen LogP contribution in [0.1, 0.15) is 22.5 Å². The topological polar surface area (TPSA) is 51.5 Å². The Kier molecular flexibility index (Phi) is 4.65. The van der Waals surface area contributed by atoms with Crippen molar-refractivity contribution in [3.05, 3.63) is 71.8 Å². The van der Waals surface area contributed by atoms with Gasteiger partial charge in [-0.15, -0.1) is 13.2 Å². The van der Waals surface area contributed by atoms with E-state index in [4.69, 9.17) is 4.42 Å². The normalized spacial score (nSPS) is 17.4. The molecule has 2 aromatic rings. The zero-order valence-electron chi connectivity index (χ0n) is 12.9. The lowest BCUT2D eigenvalue weighted by atomic mass is 10.1. The summed E-state index contributed by atoms with van der Waals surface area (Å²) in [5.74, 6) is -0.392. The molecule has 2 heterocycles. The maximum atomic E-state index is 12.5. The minimum Gasteiger partial charge on any atom is -0.465 e. The second kappa shape index (κ2) is 6.88. The molecule has 130 valence electrons. The van der Waals surface area contributed by atoms with Crippen molar-refractivity contribution in [2.75, 3.05) is 0 Å². The average molecular weight is 349 g/mol. The van der Waals surface area contributed by atoms with Gasteiger partial charge < -0.3 is 14.5 Å². The number of ether oxygens (including phenoxy) is 1. The minimum absolute atomic E-state index is 0.139. The number of nitrogens with one attached hydrogen (secondary N) is 1. The summed E-state index contributed by atoms with van der Waals surface area (Å²) in [6.07, 6.45) is 2.48. The van der Waals surface area contributed by atoms with Gasteiger partial charge in [-0.1, -0.05) is 24.3 Å². The summed E-state index contributed by atoms with van der Waals surface area (Å²) in [7, 11) is 0. The molecule has 1 aromatic carbocycles. The van der Waals surface area contributed by atoms with Crippen LogP contribution in [-0.4, -0.2) is 18.2 Å². The predicted molar refractivity (Wildman–Crippen MR) is 84.8 cm³/mol. The summed E-state index contributed by atoms with van der Waals surface area (Å²) in [6, 6.07) is 8.69. The van der Waals surface area contributed by atoms with Crippen LogP contribution < -0.4 is 10.1 Å². The molecule has 0 saturated heterocycles. The van der Waals surface area contributed by atoms with E-state index < -0.39 is 17.9 Å². The maximum Gasteiger partial charge on any atom is 0.573 e. The standard InChI is InChI=1S/C18H14F3NO3/c19-18(20,21)25-16-6-2-1-5-14(16)17(23)15-10-8-12(22-15)7-9-13-4-3-11-24-13/h1-7,9-12,22H,8H2/b9-7+. The van der Waals surface area contributed by atoms with E-state index in [1.807, 2.05) is 6.08 Å². The Labute approximate surface area is 141 Å². The third kappa shape index (κ3) is 4.32. The molecule has 4 nitrogen and oxygen atoms in total. The van der Waals surface area contributed by atoms with Crippen LogP contribution in [-0.2, 0) is 0 Å². The molecule has 25 heavy (non-hydrogen) atoms. The number of ketones is 1. The van der Waals surface area contributed by atoms with E-state index >= 15 is 0 Å². The second-order valence-corrected chi connectivity index (χ2v) is 5.35. The smallest absolute Gasteiger partial charge is 0.465 e. The molecule has 0 radical (unpaired) electrons. The first kappa shape index (κ1) is 16.9. The Balaban J connectivity index is 1.70. The lowest BCUT2D eigenvalue weighted by Gasteiger charge is -2.14. The maximum absolute atomic E-state index is 12.5. The summed E-state index contributed by atoms with van der Waals surface area (Å²) in [5, 5.41) is 2.99. The van der Waals surface area contributed by atoms with Crippen LogP contribution in [0.4, 0.5) is 13.2 Å². The zero-order chi connectivity index (χ0) is 17.9. The number of hydrogen-bond donors (Lipinski definition) is 1.